The van der Waals surface area contributed by atoms with Crippen LogP contribution >= 0.6 is 0 Å². The fraction of sp³-hybridized carbons (Fsp3) is 0.364. The van der Waals surface area contributed by atoms with Gasteiger partial charge in [0.1, 0.15) is 6.54 Å². The van der Waals surface area contributed by atoms with Crippen LogP contribution in [0.3, 0.4) is 0 Å². The van der Waals surface area contributed by atoms with E-state index in [0.717, 1.165) is 25.7 Å². The van der Waals surface area contributed by atoms with Crippen LogP contribution < -0.4 is 5.32 Å². The summed E-state index contributed by atoms with van der Waals surface area (Å²) in [6, 6.07) is 18.9. The van der Waals surface area contributed by atoms with Crippen LogP contribution in [0.4, 0.5) is 0 Å². The summed E-state index contributed by atoms with van der Waals surface area (Å²) in [7, 11) is 0. The van der Waals surface area contributed by atoms with Gasteiger partial charge in [-0.15, -0.1) is 0 Å². The van der Waals surface area contributed by atoms with Crippen LogP contribution in [0.5, 0.6) is 0 Å². The van der Waals surface area contributed by atoms with Gasteiger partial charge in [-0.1, -0.05) is 61.4 Å². The highest BCUT2D eigenvalue weighted by Crippen LogP contribution is 2.42. The maximum atomic E-state index is 12.6. The van der Waals surface area contributed by atoms with E-state index < -0.39 is 0 Å². The van der Waals surface area contributed by atoms with Gasteiger partial charge < -0.3 is 5.32 Å². The molecular weight excluding hydrogens is 308 g/mol. The number of benzene rings is 2. The molecule has 3 nitrogen and oxygen atoms in total. The van der Waals surface area contributed by atoms with E-state index in [0.29, 0.717) is 0 Å². The van der Waals surface area contributed by atoms with E-state index in [2.05, 4.69) is 60.8 Å². The first-order chi connectivity index (χ1) is 12.2. The van der Waals surface area contributed by atoms with Crippen molar-refractivity contribution in [2.24, 2.45) is 5.92 Å². The summed E-state index contributed by atoms with van der Waals surface area (Å²) >= 11 is 0. The third kappa shape index (κ3) is 3.74. The summed E-state index contributed by atoms with van der Waals surface area (Å²) in [6.07, 6.45) is 4.14. The van der Waals surface area contributed by atoms with Crippen molar-refractivity contribution in [2.75, 3.05) is 6.54 Å². The lowest BCUT2D eigenvalue weighted by Gasteiger charge is -2.32. The Kier molecular flexibility index (Phi) is 5.50. The third-order valence-corrected chi connectivity index (χ3v) is 5.24. The topological polar surface area (TPSA) is 52.9 Å². The Morgan fingerprint density at radius 1 is 1.08 bits per heavy atom. The van der Waals surface area contributed by atoms with Gasteiger partial charge in [-0.25, -0.2) is 0 Å². The molecule has 0 heterocycles. The largest absolute Gasteiger partial charge is 0.343 e. The molecule has 0 radical (unpaired) electrons. The standard InChI is InChI=1S/C22H24N2O/c1-16-8-2-3-9-17(16)18-10-4-5-11-19(18)20-12-6-7-13-21(20)22(25)24-15-14-23/h2-5,8-11,20-21H,6-7,12-13,15H2,1H3,(H,24,25). The molecule has 0 bridgehead atoms. The number of hydrogen-bond donors (Lipinski definition) is 1. The van der Waals surface area contributed by atoms with Crippen molar-refractivity contribution in [1.82, 2.24) is 5.32 Å². The number of nitriles is 1. The van der Waals surface area contributed by atoms with E-state index in [9.17, 15) is 4.79 Å². The normalized spacial score (nSPS) is 19.8. The summed E-state index contributed by atoms with van der Waals surface area (Å²) in [4.78, 5) is 12.6. The number of carbonyl (C=O) groups excluding carboxylic acids is 1. The molecule has 2 aromatic rings. The fourth-order valence-corrected chi connectivity index (χ4v) is 4.02. The van der Waals surface area contributed by atoms with Gasteiger partial charge in [-0.05, 0) is 47.9 Å². The monoisotopic (exact) mass is 332 g/mol. The molecule has 3 heteroatoms. The molecule has 128 valence electrons. The molecule has 0 spiro atoms. The van der Waals surface area contributed by atoms with E-state index in [-0.39, 0.29) is 24.3 Å². The van der Waals surface area contributed by atoms with Crippen molar-refractivity contribution < 1.29 is 4.79 Å². The van der Waals surface area contributed by atoms with Crippen LogP contribution in [0.25, 0.3) is 11.1 Å². The molecule has 1 N–H and O–H groups in total. The molecule has 25 heavy (non-hydrogen) atoms. The SMILES string of the molecule is Cc1ccccc1-c1ccccc1C1CCCCC1C(=O)NCC#N. The van der Waals surface area contributed by atoms with Crippen LogP contribution in [0, 0.1) is 24.2 Å². The molecule has 2 unspecified atom stereocenters. The highest BCUT2D eigenvalue weighted by Gasteiger charge is 2.33. The number of carbonyl (C=O) groups is 1. The Morgan fingerprint density at radius 3 is 2.52 bits per heavy atom. The van der Waals surface area contributed by atoms with Gasteiger partial charge in [0, 0.05) is 5.92 Å². The van der Waals surface area contributed by atoms with Gasteiger partial charge in [0.05, 0.1) is 6.07 Å². The maximum Gasteiger partial charge on any atom is 0.224 e. The molecule has 1 amide bonds. The highest BCUT2D eigenvalue weighted by molar-refractivity contribution is 5.81. The molecule has 0 saturated heterocycles. The Hall–Kier alpha value is -2.60. The number of amides is 1. The molecule has 0 aromatic heterocycles. The first kappa shape index (κ1) is 17.2. The zero-order chi connectivity index (χ0) is 17.6. The Balaban J connectivity index is 1.99. The predicted molar refractivity (Wildman–Crippen MR) is 99.9 cm³/mol. The average Bonchev–Trinajstić information content (AvgIpc) is 2.66. The smallest absolute Gasteiger partial charge is 0.224 e. The van der Waals surface area contributed by atoms with Crippen molar-refractivity contribution >= 4 is 5.91 Å². The minimum atomic E-state index is -0.0488. The number of nitrogens with zero attached hydrogens (tertiary/aromatic N) is 1. The van der Waals surface area contributed by atoms with Crippen LogP contribution in [0.15, 0.2) is 48.5 Å². The summed E-state index contributed by atoms with van der Waals surface area (Å²) in [6.45, 7) is 2.21. The number of hydrogen-bond acceptors (Lipinski definition) is 2. The molecule has 1 fully saturated rings. The molecule has 2 atom stereocenters. The zero-order valence-electron chi connectivity index (χ0n) is 14.7. The van der Waals surface area contributed by atoms with Crippen molar-refractivity contribution in [3.8, 4) is 17.2 Å². The van der Waals surface area contributed by atoms with Crippen LogP contribution in [-0.4, -0.2) is 12.5 Å². The Morgan fingerprint density at radius 2 is 1.76 bits per heavy atom. The van der Waals surface area contributed by atoms with Crippen molar-refractivity contribution in [3.05, 3.63) is 59.7 Å². The second-order valence-corrected chi connectivity index (χ2v) is 6.78. The first-order valence-electron chi connectivity index (χ1n) is 9.02. The van der Waals surface area contributed by atoms with Gasteiger partial charge in [0.25, 0.3) is 0 Å². The van der Waals surface area contributed by atoms with E-state index in [1.807, 2.05) is 6.07 Å². The first-order valence-corrected chi connectivity index (χ1v) is 9.02. The lowest BCUT2D eigenvalue weighted by atomic mass is 9.73. The highest BCUT2D eigenvalue weighted by atomic mass is 16.1. The molecule has 3 rings (SSSR count). The Bertz CT molecular complexity index is 791. The van der Waals surface area contributed by atoms with Crippen LogP contribution in [0.1, 0.15) is 42.7 Å². The summed E-state index contributed by atoms with van der Waals surface area (Å²) < 4.78 is 0. The summed E-state index contributed by atoms with van der Waals surface area (Å²) in [5.74, 6) is 0.182. The van der Waals surface area contributed by atoms with Gasteiger partial charge in [0.2, 0.25) is 5.91 Å². The second-order valence-electron chi connectivity index (χ2n) is 6.78. The number of nitrogens with one attached hydrogen (secondary N) is 1. The second kappa shape index (κ2) is 7.98. The molecule has 1 aliphatic rings. The minimum Gasteiger partial charge on any atom is -0.343 e. The minimum absolute atomic E-state index is 0.0193. The molecule has 2 aromatic carbocycles. The van der Waals surface area contributed by atoms with Gasteiger partial charge in [0.15, 0.2) is 0 Å². The van der Waals surface area contributed by atoms with Crippen molar-refractivity contribution in [3.63, 3.8) is 0 Å². The number of aryl methyl sites for hydroxylation is 1. The van der Waals surface area contributed by atoms with Gasteiger partial charge >= 0.3 is 0 Å². The lowest BCUT2D eigenvalue weighted by molar-refractivity contribution is -0.126. The predicted octanol–water partition coefficient (Wildman–Crippen LogP) is 4.58. The van der Waals surface area contributed by atoms with Gasteiger partial charge in [-0.3, -0.25) is 4.79 Å². The van der Waals surface area contributed by atoms with Crippen molar-refractivity contribution in [2.45, 2.75) is 38.5 Å². The van der Waals surface area contributed by atoms with E-state index in [1.54, 1.807) is 0 Å². The zero-order valence-corrected chi connectivity index (χ0v) is 14.7. The van der Waals surface area contributed by atoms with Crippen LogP contribution in [-0.2, 0) is 4.79 Å². The van der Waals surface area contributed by atoms with Gasteiger partial charge in [-0.2, -0.15) is 5.26 Å². The van der Waals surface area contributed by atoms with Crippen molar-refractivity contribution in [1.29, 1.82) is 5.26 Å². The maximum absolute atomic E-state index is 12.6. The fourth-order valence-electron chi connectivity index (χ4n) is 4.02. The average molecular weight is 332 g/mol. The molecular formula is C22H24N2O. The quantitative estimate of drug-likeness (QED) is 0.834. The third-order valence-electron chi connectivity index (χ3n) is 5.24. The summed E-state index contributed by atoms with van der Waals surface area (Å²) in [5, 5.41) is 11.5. The van der Waals surface area contributed by atoms with Crippen LogP contribution in [0.2, 0.25) is 0 Å². The molecule has 0 aliphatic heterocycles. The molecule has 1 saturated carbocycles. The van der Waals surface area contributed by atoms with E-state index in [4.69, 9.17) is 5.26 Å². The Labute approximate surface area is 149 Å². The van der Waals surface area contributed by atoms with E-state index in [1.165, 1.54) is 22.3 Å². The molecule has 1 aliphatic carbocycles. The number of rotatable bonds is 4. The van der Waals surface area contributed by atoms with E-state index >= 15 is 0 Å². The summed E-state index contributed by atoms with van der Waals surface area (Å²) in [5.41, 5.74) is 4.97. The lowest BCUT2D eigenvalue weighted by Crippen LogP contribution is -2.36.